The third kappa shape index (κ3) is 2.75. The van der Waals surface area contributed by atoms with Crippen molar-refractivity contribution in [2.45, 2.75) is 20.3 Å². The molecule has 4 heteroatoms. The molecule has 1 aromatic carbocycles. The Morgan fingerprint density at radius 2 is 1.81 bits per heavy atom. The quantitative estimate of drug-likeness (QED) is 0.795. The summed E-state index contributed by atoms with van der Waals surface area (Å²) in [5, 5.41) is 0. The average molecular weight is 283 g/mol. The maximum absolute atomic E-state index is 12.6. The number of nitrogens with zero attached hydrogens (tertiary/aromatic N) is 1. The predicted octanol–water partition coefficient (Wildman–Crippen LogP) is 3.09. The first kappa shape index (κ1) is 13.6. The number of aryl methyl sites for hydroxylation is 2. The highest BCUT2D eigenvalue weighted by molar-refractivity contribution is 6.10. The number of pyridine rings is 1. The Balaban J connectivity index is 1.96. The number of ketones is 1. The lowest BCUT2D eigenvalue weighted by atomic mass is 10.0. The van der Waals surface area contributed by atoms with Crippen LogP contribution in [0.25, 0.3) is 0 Å². The van der Waals surface area contributed by atoms with Gasteiger partial charge in [0.15, 0.2) is 17.3 Å². The van der Waals surface area contributed by atoms with E-state index in [-0.39, 0.29) is 5.78 Å². The van der Waals surface area contributed by atoms with Crippen molar-refractivity contribution in [3.63, 3.8) is 0 Å². The topological polar surface area (TPSA) is 48.4 Å². The van der Waals surface area contributed by atoms with Crippen LogP contribution in [0.4, 0.5) is 0 Å². The number of rotatable bonds is 2. The lowest BCUT2D eigenvalue weighted by Gasteiger charge is -2.10. The molecular formula is C17H17NO3. The van der Waals surface area contributed by atoms with Gasteiger partial charge in [-0.3, -0.25) is 9.78 Å². The maximum atomic E-state index is 12.6. The molecule has 1 aromatic heterocycles. The van der Waals surface area contributed by atoms with E-state index in [9.17, 15) is 4.79 Å². The summed E-state index contributed by atoms with van der Waals surface area (Å²) >= 11 is 0. The van der Waals surface area contributed by atoms with E-state index >= 15 is 0 Å². The van der Waals surface area contributed by atoms with Crippen LogP contribution in [-0.2, 0) is 0 Å². The molecule has 0 unspecified atom stereocenters. The number of carbonyl (C=O) groups is 1. The zero-order valence-corrected chi connectivity index (χ0v) is 12.2. The number of benzene rings is 1. The number of hydrogen-bond acceptors (Lipinski definition) is 4. The Hall–Kier alpha value is -2.36. The van der Waals surface area contributed by atoms with Crippen molar-refractivity contribution in [1.82, 2.24) is 4.98 Å². The van der Waals surface area contributed by atoms with Crippen molar-refractivity contribution in [3.8, 4) is 11.5 Å². The van der Waals surface area contributed by atoms with E-state index in [4.69, 9.17) is 9.47 Å². The molecule has 0 N–H and O–H groups in total. The van der Waals surface area contributed by atoms with E-state index in [1.54, 1.807) is 18.2 Å². The van der Waals surface area contributed by atoms with Gasteiger partial charge >= 0.3 is 0 Å². The van der Waals surface area contributed by atoms with Crippen molar-refractivity contribution >= 4 is 5.78 Å². The normalized spacial score (nSPS) is 13.6. The van der Waals surface area contributed by atoms with Crippen LogP contribution in [0.2, 0.25) is 0 Å². The summed E-state index contributed by atoms with van der Waals surface area (Å²) in [6.07, 6.45) is 0.846. The van der Waals surface area contributed by atoms with Gasteiger partial charge in [-0.25, -0.2) is 0 Å². The van der Waals surface area contributed by atoms with Crippen LogP contribution in [0.15, 0.2) is 30.3 Å². The van der Waals surface area contributed by atoms with Crippen molar-refractivity contribution in [1.29, 1.82) is 0 Å². The second-order valence-corrected chi connectivity index (χ2v) is 5.13. The van der Waals surface area contributed by atoms with E-state index in [0.717, 1.165) is 17.8 Å². The summed E-state index contributed by atoms with van der Waals surface area (Å²) in [6, 6.07) is 8.99. The lowest BCUT2D eigenvalue weighted by molar-refractivity contribution is 0.103. The zero-order valence-electron chi connectivity index (χ0n) is 12.2. The van der Waals surface area contributed by atoms with Gasteiger partial charge in [0.2, 0.25) is 0 Å². The first-order valence-corrected chi connectivity index (χ1v) is 7.04. The SMILES string of the molecule is Cc1ccc(C(=O)c2ccc3c(c2)OCCCO3)c(C)n1. The number of ether oxygens (including phenoxy) is 2. The Labute approximate surface area is 123 Å². The Bertz CT molecular complexity index is 694. The predicted molar refractivity (Wildman–Crippen MR) is 79.2 cm³/mol. The highest BCUT2D eigenvalue weighted by atomic mass is 16.5. The fourth-order valence-corrected chi connectivity index (χ4v) is 2.39. The summed E-state index contributed by atoms with van der Waals surface area (Å²) in [7, 11) is 0. The Morgan fingerprint density at radius 3 is 2.57 bits per heavy atom. The first-order valence-electron chi connectivity index (χ1n) is 7.04. The highest BCUT2D eigenvalue weighted by Crippen LogP contribution is 2.31. The summed E-state index contributed by atoms with van der Waals surface area (Å²) < 4.78 is 11.2. The monoisotopic (exact) mass is 283 g/mol. The molecule has 2 heterocycles. The van der Waals surface area contributed by atoms with Crippen molar-refractivity contribution in [2.24, 2.45) is 0 Å². The number of hydrogen-bond donors (Lipinski definition) is 0. The van der Waals surface area contributed by atoms with E-state index < -0.39 is 0 Å². The van der Waals surface area contributed by atoms with Crippen LogP contribution in [0.3, 0.4) is 0 Å². The van der Waals surface area contributed by atoms with E-state index in [1.807, 2.05) is 26.0 Å². The summed E-state index contributed by atoms with van der Waals surface area (Å²) in [4.78, 5) is 17.0. The molecule has 1 aliphatic rings. The molecule has 0 radical (unpaired) electrons. The zero-order chi connectivity index (χ0) is 14.8. The van der Waals surface area contributed by atoms with Gasteiger partial charge in [-0.15, -0.1) is 0 Å². The molecule has 1 aliphatic heterocycles. The van der Waals surface area contributed by atoms with Gasteiger partial charge < -0.3 is 9.47 Å². The smallest absolute Gasteiger partial charge is 0.194 e. The van der Waals surface area contributed by atoms with Crippen LogP contribution < -0.4 is 9.47 Å². The van der Waals surface area contributed by atoms with Gasteiger partial charge in [0.05, 0.1) is 13.2 Å². The summed E-state index contributed by atoms with van der Waals surface area (Å²) in [6.45, 7) is 5.01. The van der Waals surface area contributed by atoms with Crippen LogP contribution in [-0.4, -0.2) is 24.0 Å². The lowest BCUT2D eigenvalue weighted by Crippen LogP contribution is -2.06. The van der Waals surface area contributed by atoms with Crippen molar-refractivity contribution < 1.29 is 14.3 Å². The van der Waals surface area contributed by atoms with Crippen LogP contribution >= 0.6 is 0 Å². The molecule has 4 nitrogen and oxygen atoms in total. The molecule has 3 rings (SSSR count). The van der Waals surface area contributed by atoms with Gasteiger partial charge in [0.25, 0.3) is 0 Å². The largest absolute Gasteiger partial charge is 0.490 e. The van der Waals surface area contributed by atoms with Gasteiger partial charge in [0, 0.05) is 28.9 Å². The molecule has 2 aromatic rings. The molecule has 0 atom stereocenters. The second-order valence-electron chi connectivity index (χ2n) is 5.13. The highest BCUT2D eigenvalue weighted by Gasteiger charge is 2.17. The fraction of sp³-hybridized carbons (Fsp3) is 0.294. The molecule has 0 aliphatic carbocycles. The van der Waals surface area contributed by atoms with Crippen molar-refractivity contribution in [3.05, 3.63) is 52.8 Å². The molecule has 0 spiro atoms. The van der Waals surface area contributed by atoms with Crippen LogP contribution in [0.5, 0.6) is 11.5 Å². The molecule has 0 bridgehead atoms. The second kappa shape index (κ2) is 5.56. The van der Waals surface area contributed by atoms with E-state index in [0.29, 0.717) is 35.8 Å². The van der Waals surface area contributed by atoms with E-state index in [1.165, 1.54) is 0 Å². The van der Waals surface area contributed by atoms with Crippen LogP contribution in [0, 0.1) is 13.8 Å². The molecule has 21 heavy (non-hydrogen) atoms. The Kier molecular flexibility index (Phi) is 3.60. The number of carbonyl (C=O) groups excluding carboxylic acids is 1. The van der Waals surface area contributed by atoms with Gasteiger partial charge in [-0.05, 0) is 44.2 Å². The average Bonchev–Trinajstić information content (AvgIpc) is 2.71. The summed E-state index contributed by atoms with van der Waals surface area (Å²) in [5.41, 5.74) is 2.86. The molecule has 108 valence electrons. The third-order valence-corrected chi connectivity index (χ3v) is 3.48. The van der Waals surface area contributed by atoms with E-state index in [2.05, 4.69) is 4.98 Å². The fourth-order valence-electron chi connectivity index (χ4n) is 2.39. The van der Waals surface area contributed by atoms with Crippen LogP contribution in [0.1, 0.15) is 33.7 Å². The van der Waals surface area contributed by atoms with Gasteiger partial charge in [-0.1, -0.05) is 0 Å². The number of aromatic nitrogens is 1. The molecule has 0 amide bonds. The molecule has 0 fully saturated rings. The van der Waals surface area contributed by atoms with Gasteiger partial charge in [-0.2, -0.15) is 0 Å². The third-order valence-electron chi connectivity index (χ3n) is 3.48. The minimum Gasteiger partial charge on any atom is -0.490 e. The molecule has 0 saturated carbocycles. The minimum atomic E-state index is -0.0457. The Morgan fingerprint density at radius 1 is 1.05 bits per heavy atom. The minimum absolute atomic E-state index is 0.0457. The first-order chi connectivity index (χ1) is 10.1. The maximum Gasteiger partial charge on any atom is 0.194 e. The molecular weight excluding hydrogens is 266 g/mol. The van der Waals surface area contributed by atoms with Crippen molar-refractivity contribution in [2.75, 3.05) is 13.2 Å². The standard InChI is InChI=1S/C17H17NO3/c1-11-4-6-14(12(2)18-11)17(19)13-5-7-15-16(10-13)21-9-3-8-20-15/h4-7,10H,3,8-9H2,1-2H3. The number of fused-ring (bicyclic) bond motifs is 1. The molecule has 0 saturated heterocycles. The van der Waals surface area contributed by atoms with Gasteiger partial charge in [0.1, 0.15) is 0 Å². The summed E-state index contributed by atoms with van der Waals surface area (Å²) in [5.74, 6) is 1.29.